The molecule has 0 amide bonds. The van der Waals surface area contributed by atoms with E-state index >= 15 is 0 Å². The van der Waals surface area contributed by atoms with Gasteiger partial charge in [-0.1, -0.05) is 53.5 Å². The number of hydrogen-bond donors (Lipinski definition) is 2. The van der Waals surface area contributed by atoms with Crippen molar-refractivity contribution < 1.29 is 4.21 Å². The van der Waals surface area contributed by atoms with E-state index in [4.69, 9.17) is 28.0 Å². The van der Waals surface area contributed by atoms with Crippen molar-refractivity contribution in [1.29, 1.82) is 4.78 Å². The summed E-state index contributed by atoms with van der Waals surface area (Å²) in [4.78, 5) is 2.69. The number of halogens is 2. The Morgan fingerprint density at radius 2 is 1.63 bits per heavy atom. The van der Waals surface area contributed by atoms with Crippen LogP contribution in [-0.2, 0) is 22.8 Å². The Morgan fingerprint density at radius 1 is 0.933 bits per heavy atom. The van der Waals surface area contributed by atoms with Crippen LogP contribution >= 0.6 is 23.2 Å². The maximum absolute atomic E-state index is 12.7. The summed E-state index contributed by atoms with van der Waals surface area (Å²) in [5, 5.41) is 1.30. The number of hydrogen-bond acceptors (Lipinski definition) is 3. The van der Waals surface area contributed by atoms with Gasteiger partial charge in [0.05, 0.1) is 15.6 Å². The van der Waals surface area contributed by atoms with Gasteiger partial charge in [0.15, 0.2) is 0 Å². The Balaban J connectivity index is 1.51. The summed E-state index contributed by atoms with van der Waals surface area (Å²) in [6.07, 6.45) is 2.62. The standard InChI is InChI=1S/C23H23Cl2N3OS/c24-19-11-13-20(14-12-19)30(26,29)27-15-4-16-28-22-8-2-1-5-17(22)9-10-18-6-3-7-21(25)23(18)28/h1-3,5-8,11-14H,4,9-10,15-16H2,(H2,26,27,29). The zero-order valence-electron chi connectivity index (χ0n) is 16.4. The van der Waals surface area contributed by atoms with E-state index in [1.54, 1.807) is 24.3 Å². The zero-order valence-corrected chi connectivity index (χ0v) is 18.7. The van der Waals surface area contributed by atoms with Crippen molar-refractivity contribution >= 4 is 44.5 Å². The molecule has 0 bridgehead atoms. The van der Waals surface area contributed by atoms with Crippen molar-refractivity contribution in [2.45, 2.75) is 24.2 Å². The normalized spacial score (nSPS) is 15.1. The van der Waals surface area contributed by atoms with Crippen LogP contribution in [0.1, 0.15) is 17.5 Å². The molecule has 0 spiro atoms. The van der Waals surface area contributed by atoms with Gasteiger partial charge in [0, 0.05) is 23.8 Å². The molecule has 3 aromatic carbocycles. The first-order valence-electron chi connectivity index (χ1n) is 9.87. The molecule has 30 heavy (non-hydrogen) atoms. The zero-order chi connectivity index (χ0) is 21.1. The minimum Gasteiger partial charge on any atom is -0.340 e. The van der Waals surface area contributed by atoms with Crippen molar-refractivity contribution in [2.24, 2.45) is 0 Å². The maximum Gasteiger partial charge on any atom is 0.134 e. The van der Waals surface area contributed by atoms with Gasteiger partial charge in [-0.15, -0.1) is 0 Å². The molecule has 0 aliphatic carbocycles. The quantitative estimate of drug-likeness (QED) is 0.429. The number of para-hydroxylation sites is 2. The van der Waals surface area contributed by atoms with E-state index in [-0.39, 0.29) is 0 Å². The predicted octanol–water partition coefficient (Wildman–Crippen LogP) is 6.23. The number of nitrogens with zero attached hydrogens (tertiary/aromatic N) is 1. The van der Waals surface area contributed by atoms with E-state index < -0.39 is 9.92 Å². The lowest BCUT2D eigenvalue weighted by molar-refractivity contribution is 0.657. The molecule has 1 unspecified atom stereocenters. The van der Waals surface area contributed by atoms with Gasteiger partial charge in [0.1, 0.15) is 9.92 Å². The molecular formula is C23H23Cl2N3OS. The van der Waals surface area contributed by atoms with Gasteiger partial charge in [-0.25, -0.2) is 13.7 Å². The highest BCUT2D eigenvalue weighted by molar-refractivity contribution is 7.90. The Kier molecular flexibility index (Phi) is 6.34. The molecule has 7 heteroatoms. The molecule has 0 saturated heterocycles. The number of aryl methyl sites for hydroxylation is 2. The second-order valence-electron chi connectivity index (χ2n) is 7.29. The molecule has 2 N–H and O–H groups in total. The molecule has 4 nitrogen and oxygen atoms in total. The molecule has 0 saturated carbocycles. The average molecular weight is 460 g/mol. The summed E-state index contributed by atoms with van der Waals surface area (Å²) in [5.74, 6) is 0. The predicted molar refractivity (Wildman–Crippen MR) is 126 cm³/mol. The highest BCUT2D eigenvalue weighted by Crippen LogP contribution is 2.40. The summed E-state index contributed by atoms with van der Waals surface area (Å²) in [6.45, 7) is 1.15. The van der Waals surface area contributed by atoms with Gasteiger partial charge in [-0.05, 0) is 66.8 Å². The fraction of sp³-hybridized carbons (Fsp3) is 0.217. The summed E-state index contributed by atoms with van der Waals surface area (Å²) in [5.41, 5.74) is 4.74. The lowest BCUT2D eigenvalue weighted by Crippen LogP contribution is -2.28. The molecule has 1 aliphatic heterocycles. The number of fused-ring (bicyclic) bond motifs is 2. The summed E-state index contributed by atoms with van der Waals surface area (Å²) in [6, 6.07) is 21.0. The molecule has 156 valence electrons. The first-order chi connectivity index (χ1) is 14.5. The minimum absolute atomic E-state index is 0.431. The topological polar surface area (TPSA) is 56.2 Å². The van der Waals surface area contributed by atoms with Gasteiger partial charge >= 0.3 is 0 Å². The van der Waals surface area contributed by atoms with Crippen LogP contribution in [0.4, 0.5) is 11.4 Å². The van der Waals surface area contributed by atoms with Crippen LogP contribution in [0.3, 0.4) is 0 Å². The molecule has 0 aromatic heterocycles. The fourth-order valence-corrected chi connectivity index (χ4v) is 5.37. The lowest BCUT2D eigenvalue weighted by atomic mass is 10.0. The van der Waals surface area contributed by atoms with E-state index in [0.717, 1.165) is 29.2 Å². The second kappa shape index (κ2) is 8.98. The SMILES string of the molecule is N=S(=O)(NCCCN1c2ccccc2CCc2cccc(Cl)c21)c1ccc(Cl)cc1. The van der Waals surface area contributed by atoms with E-state index in [2.05, 4.69) is 33.9 Å². The average Bonchev–Trinajstić information content (AvgIpc) is 2.89. The highest BCUT2D eigenvalue weighted by Gasteiger charge is 2.22. The van der Waals surface area contributed by atoms with E-state index in [0.29, 0.717) is 29.4 Å². The molecular weight excluding hydrogens is 437 g/mol. The maximum atomic E-state index is 12.7. The molecule has 3 aromatic rings. The van der Waals surface area contributed by atoms with Crippen LogP contribution in [0.5, 0.6) is 0 Å². The first-order valence-corrected chi connectivity index (χ1v) is 12.2. The molecule has 1 heterocycles. The number of benzene rings is 3. The smallest absolute Gasteiger partial charge is 0.134 e. The van der Waals surface area contributed by atoms with Crippen LogP contribution in [0.25, 0.3) is 0 Å². The summed E-state index contributed by atoms with van der Waals surface area (Å²) >= 11 is 12.5. The summed E-state index contributed by atoms with van der Waals surface area (Å²) in [7, 11) is -3.07. The van der Waals surface area contributed by atoms with Gasteiger partial charge in [0.2, 0.25) is 0 Å². The summed E-state index contributed by atoms with van der Waals surface area (Å²) < 4.78 is 23.8. The van der Waals surface area contributed by atoms with Crippen molar-refractivity contribution in [3.8, 4) is 0 Å². The van der Waals surface area contributed by atoms with Crippen molar-refractivity contribution in [2.75, 3.05) is 18.0 Å². The molecule has 1 atom stereocenters. The Labute approximate surface area is 187 Å². The number of anilines is 2. The Hall–Kier alpha value is -2.05. The largest absolute Gasteiger partial charge is 0.340 e. The van der Waals surface area contributed by atoms with Crippen molar-refractivity contribution in [3.63, 3.8) is 0 Å². The van der Waals surface area contributed by atoms with Crippen molar-refractivity contribution in [1.82, 2.24) is 4.72 Å². The molecule has 4 rings (SSSR count). The van der Waals surface area contributed by atoms with Crippen LogP contribution in [-0.4, -0.2) is 17.3 Å². The van der Waals surface area contributed by atoms with Gasteiger partial charge in [-0.2, -0.15) is 0 Å². The third kappa shape index (κ3) is 4.49. The molecule has 0 radical (unpaired) electrons. The fourth-order valence-electron chi connectivity index (χ4n) is 3.83. The molecule has 1 aliphatic rings. The van der Waals surface area contributed by atoms with E-state index in [9.17, 15) is 4.21 Å². The van der Waals surface area contributed by atoms with E-state index in [1.807, 2.05) is 18.2 Å². The Morgan fingerprint density at radius 3 is 2.43 bits per heavy atom. The Bertz CT molecular complexity index is 1150. The minimum atomic E-state index is -3.07. The second-order valence-corrected chi connectivity index (χ2v) is 10.0. The monoisotopic (exact) mass is 459 g/mol. The third-order valence-corrected chi connectivity index (χ3v) is 7.40. The van der Waals surface area contributed by atoms with Crippen LogP contribution in [0.15, 0.2) is 71.6 Å². The van der Waals surface area contributed by atoms with Crippen LogP contribution in [0, 0.1) is 4.78 Å². The number of rotatable bonds is 6. The first kappa shape index (κ1) is 21.2. The lowest BCUT2D eigenvalue weighted by Gasteiger charge is -2.28. The van der Waals surface area contributed by atoms with Crippen LogP contribution in [0.2, 0.25) is 10.0 Å². The van der Waals surface area contributed by atoms with Crippen molar-refractivity contribution in [3.05, 3.63) is 87.9 Å². The highest BCUT2D eigenvalue weighted by atomic mass is 35.5. The van der Waals surface area contributed by atoms with Gasteiger partial charge in [0.25, 0.3) is 0 Å². The molecule has 0 fully saturated rings. The third-order valence-electron chi connectivity index (χ3n) is 5.30. The van der Waals surface area contributed by atoms with Crippen LogP contribution < -0.4 is 9.62 Å². The number of nitrogens with one attached hydrogen (secondary N) is 2. The van der Waals surface area contributed by atoms with Gasteiger partial charge < -0.3 is 4.90 Å². The van der Waals surface area contributed by atoms with E-state index in [1.165, 1.54) is 11.1 Å². The van der Waals surface area contributed by atoms with Gasteiger partial charge in [-0.3, -0.25) is 0 Å².